The molecule has 1 aromatic heterocycles. The van der Waals surface area contributed by atoms with Crippen LogP contribution in [-0.2, 0) is 13.0 Å². The van der Waals surface area contributed by atoms with Gasteiger partial charge in [-0.1, -0.05) is 32.0 Å². The van der Waals surface area contributed by atoms with E-state index < -0.39 is 0 Å². The van der Waals surface area contributed by atoms with Crippen LogP contribution in [0.4, 0.5) is 11.5 Å². The third-order valence-corrected chi connectivity index (χ3v) is 4.12. The van der Waals surface area contributed by atoms with Crippen LogP contribution in [0.15, 0.2) is 36.4 Å². The van der Waals surface area contributed by atoms with Crippen molar-refractivity contribution in [3.63, 3.8) is 0 Å². The van der Waals surface area contributed by atoms with Crippen molar-refractivity contribution in [2.45, 2.75) is 45.8 Å². The minimum atomic E-state index is 0.0547. The van der Waals surface area contributed by atoms with Gasteiger partial charge in [0.15, 0.2) is 0 Å². The number of aliphatic hydroxyl groups excluding tert-OH is 1. The lowest BCUT2D eigenvalue weighted by molar-refractivity contribution is 0.281. The van der Waals surface area contributed by atoms with Gasteiger partial charge in [0, 0.05) is 17.4 Å². The molecule has 2 heterocycles. The average molecular weight is 282 g/mol. The molecule has 0 aliphatic carbocycles. The predicted octanol–water partition coefficient (Wildman–Crippen LogP) is 3.78. The van der Waals surface area contributed by atoms with Crippen LogP contribution in [0, 0.1) is 0 Å². The maximum atomic E-state index is 9.53. The van der Waals surface area contributed by atoms with E-state index in [1.54, 1.807) is 0 Å². The highest BCUT2D eigenvalue weighted by atomic mass is 16.3. The molecule has 0 saturated heterocycles. The number of hydrogen-bond acceptors (Lipinski definition) is 3. The maximum Gasteiger partial charge on any atom is 0.133 e. The van der Waals surface area contributed by atoms with E-state index in [4.69, 9.17) is 4.98 Å². The number of nitrogens with zero attached hydrogens (tertiary/aromatic N) is 2. The van der Waals surface area contributed by atoms with Gasteiger partial charge < -0.3 is 10.0 Å². The second-order valence-electron chi connectivity index (χ2n) is 6.12. The van der Waals surface area contributed by atoms with Crippen LogP contribution in [-0.4, -0.2) is 16.1 Å². The summed E-state index contributed by atoms with van der Waals surface area (Å²) in [5, 5.41) is 9.53. The van der Waals surface area contributed by atoms with Crippen molar-refractivity contribution in [2.24, 2.45) is 0 Å². The average Bonchev–Trinajstić information content (AvgIpc) is 2.82. The normalized spacial score (nSPS) is 17.4. The van der Waals surface area contributed by atoms with Crippen molar-refractivity contribution in [2.75, 3.05) is 4.90 Å². The number of anilines is 2. The van der Waals surface area contributed by atoms with Gasteiger partial charge in [-0.05, 0) is 48.6 Å². The summed E-state index contributed by atoms with van der Waals surface area (Å²) in [5.41, 5.74) is 4.57. The third kappa shape index (κ3) is 2.54. The van der Waals surface area contributed by atoms with Gasteiger partial charge in [-0.15, -0.1) is 0 Å². The molecule has 3 nitrogen and oxygen atoms in total. The van der Waals surface area contributed by atoms with Crippen molar-refractivity contribution in [3.8, 4) is 0 Å². The molecule has 0 fully saturated rings. The lowest BCUT2D eigenvalue weighted by Crippen LogP contribution is -2.25. The Kier molecular flexibility index (Phi) is 3.68. The Hall–Kier alpha value is -1.87. The van der Waals surface area contributed by atoms with Gasteiger partial charge in [0.2, 0.25) is 0 Å². The molecule has 3 rings (SSSR count). The van der Waals surface area contributed by atoms with Crippen molar-refractivity contribution in [3.05, 3.63) is 53.2 Å². The van der Waals surface area contributed by atoms with E-state index in [-0.39, 0.29) is 6.61 Å². The zero-order chi connectivity index (χ0) is 15.0. The molecule has 1 N–H and O–H groups in total. The van der Waals surface area contributed by atoms with Crippen LogP contribution in [0.2, 0.25) is 0 Å². The maximum absolute atomic E-state index is 9.53. The molecule has 1 aliphatic heterocycles. The van der Waals surface area contributed by atoms with E-state index in [9.17, 15) is 5.11 Å². The van der Waals surface area contributed by atoms with Crippen LogP contribution in [0.1, 0.15) is 43.5 Å². The molecule has 0 bridgehead atoms. The minimum absolute atomic E-state index is 0.0547. The second kappa shape index (κ2) is 5.49. The van der Waals surface area contributed by atoms with Crippen molar-refractivity contribution < 1.29 is 5.11 Å². The second-order valence-corrected chi connectivity index (χ2v) is 6.12. The fourth-order valence-electron chi connectivity index (χ4n) is 3.02. The molecule has 1 aliphatic rings. The van der Waals surface area contributed by atoms with E-state index in [0.717, 1.165) is 23.5 Å². The number of fused-ring (bicyclic) bond motifs is 1. The fourth-order valence-corrected chi connectivity index (χ4v) is 3.02. The highest BCUT2D eigenvalue weighted by molar-refractivity contribution is 5.69. The largest absolute Gasteiger partial charge is 0.392 e. The van der Waals surface area contributed by atoms with Crippen molar-refractivity contribution >= 4 is 11.5 Å². The highest BCUT2D eigenvalue weighted by Gasteiger charge is 2.28. The quantitative estimate of drug-likeness (QED) is 0.930. The molecule has 1 aromatic carbocycles. The summed E-state index contributed by atoms with van der Waals surface area (Å²) in [4.78, 5) is 7.12. The Bertz CT molecular complexity index is 651. The number of hydrogen-bond donors (Lipinski definition) is 1. The predicted molar refractivity (Wildman–Crippen MR) is 86.0 cm³/mol. The lowest BCUT2D eigenvalue weighted by atomic mass is 10.1. The Morgan fingerprint density at radius 1 is 1.29 bits per heavy atom. The van der Waals surface area contributed by atoms with Gasteiger partial charge in [0.1, 0.15) is 5.82 Å². The number of pyridine rings is 1. The van der Waals surface area contributed by atoms with E-state index >= 15 is 0 Å². The molecular weight excluding hydrogens is 260 g/mol. The summed E-state index contributed by atoms with van der Waals surface area (Å²) in [6.07, 6.45) is 1.04. The number of rotatable bonds is 3. The van der Waals surface area contributed by atoms with Crippen molar-refractivity contribution in [1.29, 1.82) is 0 Å². The summed E-state index contributed by atoms with van der Waals surface area (Å²) in [5.74, 6) is 1.30. The molecular formula is C18H22N2O. The molecule has 0 radical (unpaired) electrons. The first-order chi connectivity index (χ1) is 10.1. The molecule has 1 atom stereocenters. The Balaban J connectivity index is 2.10. The van der Waals surface area contributed by atoms with Crippen LogP contribution in [0.25, 0.3) is 0 Å². The zero-order valence-electron chi connectivity index (χ0n) is 12.9. The monoisotopic (exact) mass is 282 g/mol. The summed E-state index contributed by atoms with van der Waals surface area (Å²) < 4.78 is 0. The molecule has 0 spiro atoms. The lowest BCUT2D eigenvalue weighted by Gasteiger charge is -2.25. The van der Waals surface area contributed by atoms with Crippen LogP contribution in [0.3, 0.4) is 0 Å². The van der Waals surface area contributed by atoms with Gasteiger partial charge in [-0.2, -0.15) is 0 Å². The number of aliphatic hydroxyl groups is 1. The van der Waals surface area contributed by atoms with Gasteiger partial charge >= 0.3 is 0 Å². The van der Waals surface area contributed by atoms with Crippen LogP contribution >= 0.6 is 0 Å². The van der Waals surface area contributed by atoms with E-state index in [1.807, 2.05) is 12.1 Å². The summed E-state index contributed by atoms with van der Waals surface area (Å²) >= 11 is 0. The summed E-state index contributed by atoms with van der Waals surface area (Å²) in [6, 6.07) is 12.9. The standard InChI is InChI=1S/C18H22N2O/c1-12(2)16-9-14(11-21)10-18(19-16)20-13(3)8-15-6-4-5-7-17(15)20/h4-7,9-10,12-13,21H,8,11H2,1-3H3. The number of para-hydroxylation sites is 1. The molecule has 2 aromatic rings. The molecule has 0 amide bonds. The Labute approximate surface area is 126 Å². The first-order valence-electron chi connectivity index (χ1n) is 7.59. The zero-order valence-corrected chi connectivity index (χ0v) is 12.9. The van der Waals surface area contributed by atoms with E-state index in [2.05, 4.69) is 49.9 Å². The third-order valence-electron chi connectivity index (χ3n) is 4.12. The van der Waals surface area contributed by atoms with Crippen LogP contribution < -0.4 is 4.90 Å². The minimum Gasteiger partial charge on any atom is -0.392 e. The molecule has 3 heteroatoms. The van der Waals surface area contributed by atoms with E-state index in [0.29, 0.717) is 12.0 Å². The Morgan fingerprint density at radius 2 is 2.05 bits per heavy atom. The SMILES string of the molecule is CC(C)c1cc(CO)cc(N2c3ccccc3CC2C)n1. The molecule has 21 heavy (non-hydrogen) atoms. The smallest absolute Gasteiger partial charge is 0.133 e. The molecule has 1 unspecified atom stereocenters. The number of aromatic nitrogens is 1. The fraction of sp³-hybridized carbons (Fsp3) is 0.389. The van der Waals surface area contributed by atoms with Crippen LogP contribution in [0.5, 0.6) is 0 Å². The van der Waals surface area contributed by atoms with Gasteiger partial charge in [0.05, 0.1) is 6.61 Å². The molecule has 0 saturated carbocycles. The summed E-state index contributed by atoms with van der Waals surface area (Å²) in [6.45, 7) is 6.55. The topological polar surface area (TPSA) is 36.4 Å². The highest BCUT2D eigenvalue weighted by Crippen LogP contribution is 2.37. The first kappa shape index (κ1) is 14.1. The first-order valence-corrected chi connectivity index (χ1v) is 7.59. The van der Waals surface area contributed by atoms with Crippen molar-refractivity contribution in [1.82, 2.24) is 4.98 Å². The van der Waals surface area contributed by atoms with E-state index in [1.165, 1.54) is 11.3 Å². The van der Waals surface area contributed by atoms with Gasteiger partial charge in [-0.3, -0.25) is 0 Å². The number of benzene rings is 1. The van der Waals surface area contributed by atoms with Gasteiger partial charge in [-0.25, -0.2) is 4.98 Å². The Morgan fingerprint density at radius 3 is 2.76 bits per heavy atom. The van der Waals surface area contributed by atoms with Gasteiger partial charge in [0.25, 0.3) is 0 Å². The molecule has 110 valence electrons. The summed E-state index contributed by atoms with van der Waals surface area (Å²) in [7, 11) is 0.